The summed E-state index contributed by atoms with van der Waals surface area (Å²) in [5.41, 5.74) is 4.05. The van der Waals surface area contributed by atoms with Crippen molar-refractivity contribution in [2.24, 2.45) is 0 Å². The Kier molecular flexibility index (Phi) is 7.66. The Hall–Kier alpha value is -3.01. The van der Waals surface area contributed by atoms with Gasteiger partial charge in [0.1, 0.15) is 17.2 Å². The lowest BCUT2D eigenvalue weighted by Crippen LogP contribution is -2.47. The molecule has 156 valence electrons. The van der Waals surface area contributed by atoms with Gasteiger partial charge in [0.2, 0.25) is 0 Å². The highest BCUT2D eigenvalue weighted by atomic mass is 32.1. The Labute approximate surface area is 170 Å². The average Bonchev–Trinajstić information content (AvgIpc) is 2.67. The Morgan fingerprint density at radius 1 is 1.00 bits per heavy atom. The number of carbonyl (C=O) groups is 1. The molecule has 2 rings (SSSR count). The van der Waals surface area contributed by atoms with Crippen molar-refractivity contribution in [2.45, 2.75) is 26.1 Å². The van der Waals surface area contributed by atoms with E-state index in [1.165, 1.54) is 12.1 Å². The molecule has 29 heavy (non-hydrogen) atoms. The number of hydrazine groups is 1. The van der Waals surface area contributed by atoms with E-state index in [0.717, 1.165) is 12.1 Å². The maximum atomic E-state index is 12.6. The van der Waals surface area contributed by atoms with Crippen molar-refractivity contribution in [1.82, 2.24) is 10.9 Å². The van der Waals surface area contributed by atoms with Gasteiger partial charge in [0, 0.05) is 0 Å². The highest BCUT2D eigenvalue weighted by Gasteiger charge is 2.30. The smallest absolute Gasteiger partial charge is 0.416 e. The number of carbonyl (C=O) groups excluding carboxylic acids is 1. The third-order valence-corrected chi connectivity index (χ3v) is 3.71. The van der Waals surface area contributed by atoms with Crippen LogP contribution in [0.1, 0.15) is 19.4 Å². The topological polar surface area (TPSA) is 68.8 Å². The van der Waals surface area contributed by atoms with Crippen LogP contribution in [0.2, 0.25) is 0 Å². The van der Waals surface area contributed by atoms with E-state index in [9.17, 15) is 18.0 Å². The first-order chi connectivity index (χ1) is 13.7. The Morgan fingerprint density at radius 2 is 1.52 bits per heavy atom. The number of hydrogen-bond acceptors (Lipinski definition) is 5. The molecule has 10 heteroatoms. The van der Waals surface area contributed by atoms with Crippen LogP contribution >= 0.6 is 12.2 Å². The highest BCUT2D eigenvalue weighted by molar-refractivity contribution is 7.80. The predicted molar refractivity (Wildman–Crippen MR) is 104 cm³/mol. The van der Waals surface area contributed by atoms with E-state index in [2.05, 4.69) is 10.9 Å². The van der Waals surface area contributed by atoms with Gasteiger partial charge in [-0.2, -0.15) is 13.2 Å². The van der Waals surface area contributed by atoms with E-state index in [4.69, 9.17) is 26.4 Å². The lowest BCUT2D eigenvalue weighted by atomic mass is 10.2. The van der Waals surface area contributed by atoms with Crippen molar-refractivity contribution in [3.05, 3.63) is 54.1 Å². The molecular formula is C19H19F3N2O4S. The van der Waals surface area contributed by atoms with Crippen molar-refractivity contribution in [3.63, 3.8) is 0 Å². The van der Waals surface area contributed by atoms with Crippen LogP contribution in [0.15, 0.2) is 48.5 Å². The molecular weight excluding hydrogens is 409 g/mol. The molecule has 0 radical (unpaired) electrons. The molecule has 0 bridgehead atoms. The van der Waals surface area contributed by atoms with Crippen molar-refractivity contribution >= 4 is 23.3 Å². The molecule has 1 atom stereocenters. The minimum absolute atomic E-state index is 0.0396. The number of benzene rings is 2. The van der Waals surface area contributed by atoms with E-state index in [1.807, 2.05) is 0 Å². The largest absolute Gasteiger partial charge is 0.481 e. The van der Waals surface area contributed by atoms with Crippen LogP contribution in [0, 0.1) is 0 Å². The maximum absolute atomic E-state index is 12.6. The summed E-state index contributed by atoms with van der Waals surface area (Å²) in [5.74, 6) is 0.602. The normalized spacial score (nSPS) is 11.9. The third-order valence-electron chi connectivity index (χ3n) is 3.49. The number of ether oxygens (including phenoxy) is 3. The second kappa shape index (κ2) is 9.97. The van der Waals surface area contributed by atoms with Crippen molar-refractivity contribution < 1.29 is 32.2 Å². The van der Waals surface area contributed by atoms with Crippen LogP contribution in [0.5, 0.6) is 17.2 Å². The molecule has 0 heterocycles. The van der Waals surface area contributed by atoms with Gasteiger partial charge in [-0.15, -0.1) is 0 Å². The molecule has 0 aliphatic carbocycles. The first-order valence-corrected chi connectivity index (χ1v) is 8.94. The number of halogens is 3. The predicted octanol–water partition coefficient (Wildman–Crippen LogP) is 4.21. The molecule has 0 saturated heterocycles. The fourth-order valence-electron chi connectivity index (χ4n) is 2.07. The van der Waals surface area contributed by atoms with Crippen molar-refractivity contribution in [1.29, 1.82) is 0 Å². The summed E-state index contributed by atoms with van der Waals surface area (Å²) >= 11 is 4.82. The lowest BCUT2D eigenvalue weighted by molar-refractivity contribution is -0.137. The van der Waals surface area contributed by atoms with Gasteiger partial charge in [0.25, 0.3) is 11.1 Å². The van der Waals surface area contributed by atoms with Gasteiger partial charge >= 0.3 is 6.18 Å². The lowest BCUT2D eigenvalue weighted by Gasteiger charge is -2.16. The number of rotatable bonds is 6. The van der Waals surface area contributed by atoms with E-state index < -0.39 is 23.8 Å². The van der Waals surface area contributed by atoms with E-state index in [-0.39, 0.29) is 10.9 Å². The molecule has 0 aromatic heterocycles. The number of hydrogen-bond donors (Lipinski definition) is 2. The number of thiocarbonyl (C=S) groups is 1. The third kappa shape index (κ3) is 7.15. The number of alkyl halides is 3. The van der Waals surface area contributed by atoms with Crippen molar-refractivity contribution in [3.8, 4) is 17.2 Å². The van der Waals surface area contributed by atoms with Crippen molar-refractivity contribution in [2.75, 3.05) is 6.61 Å². The fraction of sp³-hybridized carbons (Fsp3) is 0.263. The SMILES string of the molecule is CCOC(=S)NNC(=O)C(C)Oc1ccc(Oc2ccc(C(F)(F)F)cc2)cc1. The van der Waals surface area contributed by atoms with Gasteiger partial charge in [-0.1, -0.05) is 0 Å². The summed E-state index contributed by atoms with van der Waals surface area (Å²) in [4.78, 5) is 11.9. The monoisotopic (exact) mass is 428 g/mol. The molecule has 1 unspecified atom stereocenters. The molecule has 0 aliphatic rings. The molecule has 0 aliphatic heterocycles. The molecule has 2 aromatic rings. The molecule has 6 nitrogen and oxygen atoms in total. The van der Waals surface area contributed by atoms with Gasteiger partial charge in [-0.3, -0.25) is 15.6 Å². The number of amides is 1. The van der Waals surface area contributed by atoms with Crippen LogP contribution in [0.3, 0.4) is 0 Å². The second-order valence-electron chi connectivity index (χ2n) is 5.69. The Balaban J connectivity index is 1.88. The number of nitrogens with one attached hydrogen (secondary N) is 2. The standard InChI is InChI=1S/C19H19F3N2O4S/c1-3-26-18(29)24-23-17(25)12(2)27-14-8-10-16(11-9-14)28-15-6-4-13(5-7-15)19(20,21)22/h4-12H,3H2,1-2H3,(H,23,25)(H,24,29). The Bertz CT molecular complexity index is 827. The quantitative estimate of drug-likeness (QED) is 0.531. The fourth-order valence-corrected chi connectivity index (χ4v) is 2.24. The summed E-state index contributed by atoms with van der Waals surface area (Å²) in [6, 6.07) is 10.6. The first-order valence-electron chi connectivity index (χ1n) is 8.53. The second-order valence-corrected chi connectivity index (χ2v) is 6.06. The zero-order chi connectivity index (χ0) is 21.4. The van der Waals surface area contributed by atoms with Gasteiger partial charge in [-0.05, 0) is 74.6 Å². The average molecular weight is 428 g/mol. The van der Waals surface area contributed by atoms with Gasteiger partial charge < -0.3 is 14.2 Å². The zero-order valence-corrected chi connectivity index (χ0v) is 16.4. The minimum atomic E-state index is -4.40. The summed E-state index contributed by atoms with van der Waals surface area (Å²) in [6.07, 6.45) is -5.22. The van der Waals surface area contributed by atoms with Crippen LogP contribution in [0.4, 0.5) is 13.2 Å². The van der Waals surface area contributed by atoms with Crippen LogP contribution in [0.25, 0.3) is 0 Å². The first kappa shape index (κ1) is 22.3. The molecule has 2 N–H and O–H groups in total. The Morgan fingerprint density at radius 3 is 2.03 bits per heavy atom. The molecule has 2 aromatic carbocycles. The molecule has 1 amide bonds. The summed E-state index contributed by atoms with van der Waals surface area (Å²) in [5, 5.41) is 0.0396. The van der Waals surface area contributed by atoms with E-state index in [0.29, 0.717) is 18.1 Å². The highest BCUT2D eigenvalue weighted by Crippen LogP contribution is 2.31. The van der Waals surface area contributed by atoms with Gasteiger partial charge in [0.05, 0.1) is 12.2 Å². The maximum Gasteiger partial charge on any atom is 0.416 e. The van der Waals surface area contributed by atoms with Crippen LogP contribution in [-0.4, -0.2) is 23.8 Å². The molecule has 0 saturated carbocycles. The molecule has 0 spiro atoms. The van der Waals surface area contributed by atoms with Gasteiger partial charge in [0.15, 0.2) is 6.10 Å². The van der Waals surface area contributed by atoms with Gasteiger partial charge in [-0.25, -0.2) is 0 Å². The van der Waals surface area contributed by atoms with E-state index in [1.54, 1.807) is 38.1 Å². The summed E-state index contributed by atoms with van der Waals surface area (Å²) in [7, 11) is 0. The van der Waals surface area contributed by atoms with Crippen LogP contribution in [-0.2, 0) is 15.7 Å². The van der Waals surface area contributed by atoms with E-state index >= 15 is 0 Å². The van der Waals surface area contributed by atoms with Crippen LogP contribution < -0.4 is 20.3 Å². The molecule has 0 fully saturated rings. The summed E-state index contributed by atoms with van der Waals surface area (Å²) < 4.78 is 53.7. The summed E-state index contributed by atoms with van der Waals surface area (Å²) in [6.45, 7) is 3.68. The minimum Gasteiger partial charge on any atom is -0.481 e. The zero-order valence-electron chi connectivity index (χ0n) is 15.6.